The Kier molecular flexibility index (Phi) is 4.30. The molecule has 29 heavy (non-hydrogen) atoms. The Hall–Kier alpha value is -2.56. The van der Waals surface area contributed by atoms with Gasteiger partial charge < -0.3 is 14.4 Å². The van der Waals surface area contributed by atoms with E-state index in [-0.39, 0.29) is 11.1 Å². The summed E-state index contributed by atoms with van der Waals surface area (Å²) in [5, 5.41) is 9.45. The maximum Gasteiger partial charge on any atom is 0.341 e. The molecule has 0 unspecified atom stereocenters. The van der Waals surface area contributed by atoms with E-state index in [2.05, 4.69) is 23.6 Å². The monoisotopic (exact) mass is 393 g/mol. The summed E-state index contributed by atoms with van der Waals surface area (Å²) in [6.07, 6.45) is 10.1. The van der Waals surface area contributed by atoms with Crippen molar-refractivity contribution in [2.24, 2.45) is 5.92 Å². The number of pyridine rings is 1. The number of hydrogen-bond acceptors (Lipinski definition) is 3. The molecule has 1 spiro atoms. The quantitative estimate of drug-likeness (QED) is 0.790. The van der Waals surface area contributed by atoms with Crippen LogP contribution >= 0.6 is 0 Å². The fraction of sp³-hybridized carbons (Fsp3) is 0.500. The number of ether oxygens (including phenoxy) is 1. The minimum Gasteiger partial charge on any atom is -0.493 e. The minimum atomic E-state index is -1.15. The van der Waals surface area contributed by atoms with Gasteiger partial charge >= 0.3 is 5.97 Å². The molecule has 2 aliphatic carbocycles. The standard InChI is InChI=1S/C24H27NO4/c1-2-4-16-9-18-17(10-22(16)29-14-15-5-6-15)12-24(7-3-8-24)25-13-19(23(27)28)21(26)11-20(18)25/h9-11,13,15H,2-8,12,14H2,1H3,(H,27,28). The second kappa shape index (κ2) is 6.75. The number of hydrogen-bond donors (Lipinski definition) is 1. The number of carboxylic acids is 1. The highest BCUT2D eigenvalue weighted by Crippen LogP contribution is 2.49. The van der Waals surface area contributed by atoms with Gasteiger partial charge in [-0.3, -0.25) is 4.79 Å². The Morgan fingerprint density at radius 3 is 2.69 bits per heavy atom. The maximum atomic E-state index is 12.5. The third-order valence-corrected chi connectivity index (χ3v) is 6.85. The first kappa shape index (κ1) is 18.5. The highest BCUT2D eigenvalue weighted by molar-refractivity contribution is 5.88. The van der Waals surface area contributed by atoms with Gasteiger partial charge in [0.2, 0.25) is 0 Å². The summed E-state index contributed by atoms with van der Waals surface area (Å²) in [5.74, 6) is 0.540. The van der Waals surface area contributed by atoms with Crippen molar-refractivity contribution in [1.29, 1.82) is 0 Å². The fourth-order valence-electron chi connectivity index (χ4n) is 4.88. The summed E-state index contributed by atoms with van der Waals surface area (Å²) in [6.45, 7) is 2.95. The smallest absolute Gasteiger partial charge is 0.341 e. The van der Waals surface area contributed by atoms with Crippen molar-refractivity contribution in [3.8, 4) is 17.0 Å². The summed E-state index contributed by atoms with van der Waals surface area (Å²) < 4.78 is 8.30. The number of fused-ring (bicyclic) bond motifs is 4. The summed E-state index contributed by atoms with van der Waals surface area (Å²) in [6, 6.07) is 5.90. The van der Waals surface area contributed by atoms with Crippen LogP contribution in [0, 0.1) is 5.92 Å². The van der Waals surface area contributed by atoms with E-state index in [1.807, 2.05) is 0 Å². The molecule has 5 heteroatoms. The number of aromatic nitrogens is 1. The van der Waals surface area contributed by atoms with Gasteiger partial charge in [0.25, 0.3) is 0 Å². The van der Waals surface area contributed by atoms with Gasteiger partial charge in [-0.15, -0.1) is 0 Å². The molecule has 5 rings (SSSR count). The van der Waals surface area contributed by atoms with Gasteiger partial charge in [-0.05, 0) is 74.1 Å². The molecule has 0 atom stereocenters. The number of aromatic carboxylic acids is 1. The zero-order valence-electron chi connectivity index (χ0n) is 16.9. The van der Waals surface area contributed by atoms with Crippen LogP contribution in [-0.2, 0) is 18.4 Å². The lowest BCUT2D eigenvalue weighted by Crippen LogP contribution is -2.46. The van der Waals surface area contributed by atoms with Gasteiger partial charge in [0.05, 0.1) is 12.3 Å². The molecule has 2 fully saturated rings. The van der Waals surface area contributed by atoms with Gasteiger partial charge in [-0.25, -0.2) is 4.79 Å². The molecule has 0 amide bonds. The topological polar surface area (TPSA) is 68.5 Å². The molecule has 0 saturated heterocycles. The Morgan fingerprint density at radius 2 is 2.07 bits per heavy atom. The first-order valence-corrected chi connectivity index (χ1v) is 10.8. The largest absolute Gasteiger partial charge is 0.493 e. The molecular weight excluding hydrogens is 366 g/mol. The number of nitrogens with zero attached hydrogens (tertiary/aromatic N) is 1. The summed E-state index contributed by atoms with van der Waals surface area (Å²) >= 11 is 0. The molecule has 0 radical (unpaired) electrons. The molecule has 1 aromatic carbocycles. The molecule has 2 aromatic rings. The average Bonchev–Trinajstić information content (AvgIpc) is 3.48. The van der Waals surface area contributed by atoms with Crippen LogP contribution in [0.3, 0.4) is 0 Å². The van der Waals surface area contributed by atoms with Crippen molar-refractivity contribution < 1.29 is 14.6 Å². The van der Waals surface area contributed by atoms with Gasteiger partial charge in [-0.2, -0.15) is 0 Å². The van der Waals surface area contributed by atoms with E-state index in [1.54, 1.807) is 6.20 Å². The first-order valence-electron chi connectivity index (χ1n) is 10.8. The summed E-state index contributed by atoms with van der Waals surface area (Å²) in [5.41, 5.74) is 3.64. The van der Waals surface area contributed by atoms with E-state index in [4.69, 9.17) is 4.74 Å². The van der Waals surface area contributed by atoms with Crippen molar-refractivity contribution in [3.63, 3.8) is 0 Å². The molecule has 2 heterocycles. The highest BCUT2D eigenvalue weighted by atomic mass is 16.5. The lowest BCUT2D eigenvalue weighted by Gasteiger charge is -2.49. The van der Waals surface area contributed by atoms with Crippen molar-refractivity contribution in [1.82, 2.24) is 4.57 Å². The summed E-state index contributed by atoms with van der Waals surface area (Å²) in [4.78, 5) is 24.1. The predicted molar refractivity (Wildman–Crippen MR) is 111 cm³/mol. The second-order valence-corrected chi connectivity index (χ2v) is 8.99. The highest BCUT2D eigenvalue weighted by Gasteiger charge is 2.43. The number of carbonyl (C=O) groups is 1. The van der Waals surface area contributed by atoms with Crippen molar-refractivity contribution >= 4 is 5.97 Å². The maximum absolute atomic E-state index is 12.5. The third-order valence-electron chi connectivity index (χ3n) is 6.85. The van der Waals surface area contributed by atoms with E-state index in [9.17, 15) is 14.7 Å². The molecule has 1 N–H and O–H groups in total. The average molecular weight is 393 g/mol. The molecule has 2 saturated carbocycles. The Bertz CT molecular complexity index is 1040. The van der Waals surface area contributed by atoms with Crippen LogP contribution in [0.5, 0.6) is 5.75 Å². The first-order chi connectivity index (χ1) is 14.0. The van der Waals surface area contributed by atoms with E-state index in [1.165, 1.54) is 30.0 Å². The second-order valence-electron chi connectivity index (χ2n) is 8.99. The molecule has 1 aromatic heterocycles. The molecular formula is C24H27NO4. The van der Waals surface area contributed by atoms with Crippen LogP contribution < -0.4 is 10.2 Å². The van der Waals surface area contributed by atoms with Crippen molar-refractivity contribution in [2.45, 2.75) is 63.8 Å². The molecule has 152 valence electrons. The number of benzene rings is 1. The van der Waals surface area contributed by atoms with Crippen LogP contribution in [0.25, 0.3) is 11.3 Å². The van der Waals surface area contributed by atoms with Crippen molar-refractivity contribution in [2.75, 3.05) is 6.61 Å². The van der Waals surface area contributed by atoms with Gasteiger partial charge in [0.1, 0.15) is 11.3 Å². The number of aryl methyl sites for hydroxylation is 1. The van der Waals surface area contributed by atoms with Crippen LogP contribution in [-0.4, -0.2) is 22.2 Å². The number of rotatable bonds is 6. The van der Waals surface area contributed by atoms with E-state index >= 15 is 0 Å². The third kappa shape index (κ3) is 3.07. The van der Waals surface area contributed by atoms with Crippen LogP contribution in [0.1, 0.15) is 66.9 Å². The Balaban J connectivity index is 1.65. The summed E-state index contributed by atoms with van der Waals surface area (Å²) in [7, 11) is 0. The van der Waals surface area contributed by atoms with Gasteiger partial charge in [-0.1, -0.05) is 13.3 Å². The predicted octanol–water partition coefficient (Wildman–Crippen LogP) is 4.39. The lowest BCUT2D eigenvalue weighted by atomic mass is 9.69. The van der Waals surface area contributed by atoms with E-state index < -0.39 is 11.4 Å². The minimum absolute atomic E-state index is 0.111. The Morgan fingerprint density at radius 1 is 1.28 bits per heavy atom. The van der Waals surface area contributed by atoms with Gasteiger partial charge in [0, 0.05) is 23.4 Å². The SMILES string of the molecule is CCCc1cc2c(cc1OCC1CC1)CC1(CCC1)n1cc(C(=O)O)c(=O)cc1-2. The van der Waals surface area contributed by atoms with Crippen LogP contribution in [0.15, 0.2) is 29.2 Å². The molecule has 1 aliphatic heterocycles. The molecule has 0 bridgehead atoms. The zero-order chi connectivity index (χ0) is 20.2. The number of carboxylic acid groups (broad SMARTS) is 1. The van der Waals surface area contributed by atoms with Crippen molar-refractivity contribution in [3.05, 3.63) is 51.3 Å². The van der Waals surface area contributed by atoms with E-state index in [0.29, 0.717) is 5.92 Å². The zero-order valence-corrected chi connectivity index (χ0v) is 16.9. The lowest BCUT2D eigenvalue weighted by molar-refractivity contribution is 0.0691. The molecule has 3 aliphatic rings. The van der Waals surface area contributed by atoms with Crippen LogP contribution in [0.4, 0.5) is 0 Å². The van der Waals surface area contributed by atoms with E-state index in [0.717, 1.165) is 62.1 Å². The van der Waals surface area contributed by atoms with Gasteiger partial charge in [0.15, 0.2) is 5.43 Å². The molecule has 5 nitrogen and oxygen atoms in total. The van der Waals surface area contributed by atoms with Crippen LogP contribution in [0.2, 0.25) is 0 Å². The Labute approximate surface area is 170 Å². The normalized spacial score (nSPS) is 18.7. The fourth-order valence-corrected chi connectivity index (χ4v) is 4.88.